The van der Waals surface area contributed by atoms with Crippen LogP contribution in [0, 0.1) is 0 Å². The maximum atomic E-state index is 5.83. The molecule has 18 heavy (non-hydrogen) atoms. The summed E-state index contributed by atoms with van der Waals surface area (Å²) in [5.41, 5.74) is 7.98. The number of rotatable bonds is 5. The molecule has 0 aliphatic carbocycles. The second-order valence-electron chi connectivity index (χ2n) is 4.54. The van der Waals surface area contributed by atoms with Crippen molar-refractivity contribution in [3.63, 3.8) is 0 Å². The van der Waals surface area contributed by atoms with E-state index in [1.807, 2.05) is 43.3 Å². The Morgan fingerprint density at radius 3 is 2.72 bits per heavy atom. The molecule has 1 aromatic heterocycles. The molecule has 1 aromatic carbocycles. The molecule has 96 valence electrons. The van der Waals surface area contributed by atoms with E-state index in [1.165, 1.54) is 0 Å². The highest BCUT2D eigenvalue weighted by molar-refractivity contribution is 5.62. The first-order valence-corrected chi connectivity index (χ1v) is 6.12. The number of methoxy groups -OCH3 is 1. The number of furan rings is 1. The Bertz CT molecular complexity index is 503. The van der Waals surface area contributed by atoms with Crippen LogP contribution in [-0.4, -0.2) is 13.2 Å². The molecule has 2 aromatic rings. The van der Waals surface area contributed by atoms with Crippen LogP contribution in [0.5, 0.6) is 0 Å². The van der Waals surface area contributed by atoms with Gasteiger partial charge in [-0.3, -0.25) is 0 Å². The lowest BCUT2D eigenvalue weighted by molar-refractivity contribution is 0.185. The van der Waals surface area contributed by atoms with Crippen LogP contribution in [0.2, 0.25) is 0 Å². The predicted octanol–water partition coefficient (Wildman–Crippen LogP) is 2.98. The van der Waals surface area contributed by atoms with Crippen molar-refractivity contribution in [1.82, 2.24) is 0 Å². The summed E-state index contributed by atoms with van der Waals surface area (Å²) in [6.07, 6.45) is 0.756. The first-order valence-electron chi connectivity index (χ1n) is 6.12. The average Bonchev–Trinajstić information content (AvgIpc) is 2.77. The van der Waals surface area contributed by atoms with E-state index in [4.69, 9.17) is 14.9 Å². The topological polar surface area (TPSA) is 48.4 Å². The zero-order valence-electron chi connectivity index (χ0n) is 10.8. The van der Waals surface area contributed by atoms with Crippen LogP contribution in [0.1, 0.15) is 18.2 Å². The molecular formula is C15H19NO2. The van der Waals surface area contributed by atoms with Gasteiger partial charge in [0.05, 0.1) is 6.61 Å². The average molecular weight is 245 g/mol. The van der Waals surface area contributed by atoms with Gasteiger partial charge in [-0.1, -0.05) is 24.3 Å². The van der Waals surface area contributed by atoms with Crippen molar-refractivity contribution in [2.24, 2.45) is 5.73 Å². The molecule has 3 heteroatoms. The normalized spacial score (nSPS) is 12.6. The third kappa shape index (κ3) is 3.00. The van der Waals surface area contributed by atoms with Crippen molar-refractivity contribution in [2.75, 3.05) is 7.11 Å². The molecule has 0 aliphatic rings. The van der Waals surface area contributed by atoms with Crippen molar-refractivity contribution < 1.29 is 9.15 Å². The van der Waals surface area contributed by atoms with Crippen LogP contribution < -0.4 is 5.73 Å². The minimum Gasteiger partial charge on any atom is -0.461 e. The molecule has 0 saturated heterocycles. The Morgan fingerprint density at radius 2 is 2.00 bits per heavy atom. The Hall–Kier alpha value is -1.58. The molecule has 0 spiro atoms. The third-order valence-corrected chi connectivity index (χ3v) is 2.77. The van der Waals surface area contributed by atoms with E-state index in [9.17, 15) is 0 Å². The van der Waals surface area contributed by atoms with Gasteiger partial charge in [0.25, 0.3) is 0 Å². The molecule has 0 radical (unpaired) electrons. The van der Waals surface area contributed by atoms with E-state index in [2.05, 4.69) is 0 Å². The van der Waals surface area contributed by atoms with Gasteiger partial charge in [-0.2, -0.15) is 0 Å². The summed E-state index contributed by atoms with van der Waals surface area (Å²) >= 11 is 0. The molecule has 2 N–H and O–H groups in total. The molecule has 1 atom stereocenters. The van der Waals surface area contributed by atoms with Gasteiger partial charge in [-0.25, -0.2) is 0 Å². The van der Waals surface area contributed by atoms with Crippen LogP contribution >= 0.6 is 0 Å². The first-order chi connectivity index (χ1) is 8.70. The molecule has 0 aliphatic heterocycles. The molecule has 0 bridgehead atoms. The van der Waals surface area contributed by atoms with Gasteiger partial charge in [0.2, 0.25) is 0 Å². The third-order valence-electron chi connectivity index (χ3n) is 2.77. The number of benzene rings is 1. The number of hydrogen-bond donors (Lipinski definition) is 1. The summed E-state index contributed by atoms with van der Waals surface area (Å²) < 4.78 is 11.0. The van der Waals surface area contributed by atoms with Gasteiger partial charge in [0.15, 0.2) is 0 Å². The Balaban J connectivity index is 2.28. The SMILES string of the molecule is COCc1ccccc1-c1ccc(CC(C)N)o1. The maximum Gasteiger partial charge on any atom is 0.134 e. The zero-order chi connectivity index (χ0) is 13.0. The quantitative estimate of drug-likeness (QED) is 0.881. The van der Waals surface area contributed by atoms with Crippen molar-refractivity contribution >= 4 is 0 Å². The molecule has 1 unspecified atom stereocenters. The lowest BCUT2D eigenvalue weighted by Gasteiger charge is -2.06. The van der Waals surface area contributed by atoms with Crippen LogP contribution in [0.15, 0.2) is 40.8 Å². The Kier molecular flexibility index (Phi) is 4.18. The van der Waals surface area contributed by atoms with E-state index in [1.54, 1.807) is 7.11 Å². The molecule has 1 heterocycles. The lowest BCUT2D eigenvalue weighted by atomic mass is 10.1. The Morgan fingerprint density at radius 1 is 1.22 bits per heavy atom. The second-order valence-corrected chi connectivity index (χ2v) is 4.54. The summed E-state index contributed by atoms with van der Waals surface area (Å²) in [4.78, 5) is 0. The monoisotopic (exact) mass is 245 g/mol. The van der Waals surface area contributed by atoms with Crippen LogP contribution in [0.25, 0.3) is 11.3 Å². The summed E-state index contributed by atoms with van der Waals surface area (Å²) in [5, 5.41) is 0. The minimum atomic E-state index is 0.109. The van der Waals surface area contributed by atoms with Crippen LogP contribution in [0.3, 0.4) is 0 Å². The van der Waals surface area contributed by atoms with Crippen molar-refractivity contribution in [3.05, 3.63) is 47.7 Å². The smallest absolute Gasteiger partial charge is 0.134 e. The fraction of sp³-hybridized carbons (Fsp3) is 0.333. The zero-order valence-corrected chi connectivity index (χ0v) is 10.8. The molecule has 0 fully saturated rings. The molecule has 0 saturated carbocycles. The number of hydrogen-bond acceptors (Lipinski definition) is 3. The van der Waals surface area contributed by atoms with Gasteiger partial charge in [-0.15, -0.1) is 0 Å². The van der Waals surface area contributed by atoms with E-state index in [0.29, 0.717) is 6.61 Å². The summed E-state index contributed by atoms with van der Waals surface area (Å²) in [5.74, 6) is 1.80. The van der Waals surface area contributed by atoms with Crippen molar-refractivity contribution in [3.8, 4) is 11.3 Å². The minimum absolute atomic E-state index is 0.109. The maximum absolute atomic E-state index is 5.83. The number of ether oxygens (including phenoxy) is 1. The van der Waals surface area contributed by atoms with E-state index in [-0.39, 0.29) is 6.04 Å². The van der Waals surface area contributed by atoms with Crippen molar-refractivity contribution in [2.45, 2.75) is 26.0 Å². The summed E-state index contributed by atoms with van der Waals surface area (Å²) in [6, 6.07) is 12.2. The largest absolute Gasteiger partial charge is 0.461 e. The van der Waals surface area contributed by atoms with Crippen LogP contribution in [-0.2, 0) is 17.8 Å². The van der Waals surface area contributed by atoms with Gasteiger partial charge in [0.1, 0.15) is 11.5 Å². The standard InChI is InChI=1S/C15H19NO2/c1-11(16)9-13-7-8-15(18-13)14-6-4-3-5-12(14)10-17-2/h3-8,11H,9-10,16H2,1-2H3. The predicted molar refractivity (Wildman–Crippen MR) is 72.2 cm³/mol. The summed E-state index contributed by atoms with van der Waals surface area (Å²) in [6.45, 7) is 2.56. The lowest BCUT2D eigenvalue weighted by Crippen LogP contribution is -2.17. The van der Waals surface area contributed by atoms with E-state index >= 15 is 0 Å². The molecule has 0 amide bonds. The van der Waals surface area contributed by atoms with Gasteiger partial charge in [0, 0.05) is 25.1 Å². The Labute approximate surface area is 108 Å². The fourth-order valence-electron chi connectivity index (χ4n) is 1.99. The van der Waals surface area contributed by atoms with Crippen molar-refractivity contribution in [1.29, 1.82) is 0 Å². The summed E-state index contributed by atoms with van der Waals surface area (Å²) in [7, 11) is 1.69. The van der Waals surface area contributed by atoms with E-state index in [0.717, 1.165) is 29.1 Å². The number of nitrogens with two attached hydrogens (primary N) is 1. The first kappa shape index (κ1) is 12.9. The molecular weight excluding hydrogens is 226 g/mol. The second kappa shape index (κ2) is 5.85. The van der Waals surface area contributed by atoms with Gasteiger partial charge >= 0.3 is 0 Å². The van der Waals surface area contributed by atoms with Gasteiger partial charge < -0.3 is 14.9 Å². The highest BCUT2D eigenvalue weighted by Gasteiger charge is 2.09. The van der Waals surface area contributed by atoms with E-state index < -0.39 is 0 Å². The fourth-order valence-corrected chi connectivity index (χ4v) is 1.99. The molecule has 2 rings (SSSR count). The molecule has 3 nitrogen and oxygen atoms in total. The van der Waals surface area contributed by atoms with Crippen LogP contribution in [0.4, 0.5) is 0 Å². The highest BCUT2D eigenvalue weighted by Crippen LogP contribution is 2.26. The van der Waals surface area contributed by atoms with Gasteiger partial charge in [-0.05, 0) is 24.6 Å². The highest BCUT2D eigenvalue weighted by atomic mass is 16.5.